The molecule has 176 valence electrons. The summed E-state index contributed by atoms with van der Waals surface area (Å²) in [4.78, 5) is 25.3. The molecule has 5 nitrogen and oxygen atoms in total. The van der Waals surface area contributed by atoms with Gasteiger partial charge >= 0.3 is 5.97 Å². The lowest BCUT2D eigenvalue weighted by Gasteiger charge is -2.19. The maximum atomic E-state index is 13.2. The highest BCUT2D eigenvalue weighted by Crippen LogP contribution is 2.29. The van der Waals surface area contributed by atoms with Crippen LogP contribution in [0.2, 0.25) is 5.02 Å². The minimum Gasteiger partial charge on any atom is -0.507 e. The summed E-state index contributed by atoms with van der Waals surface area (Å²) in [6.45, 7) is 0. The van der Waals surface area contributed by atoms with Gasteiger partial charge in [0.15, 0.2) is 0 Å². The molecule has 4 aromatic carbocycles. The van der Waals surface area contributed by atoms with Crippen molar-refractivity contribution in [2.24, 2.45) is 0 Å². The molecule has 1 unspecified atom stereocenters. The molecule has 0 saturated carbocycles. The number of esters is 1. The molecule has 1 amide bonds. The Morgan fingerprint density at radius 1 is 0.829 bits per heavy atom. The van der Waals surface area contributed by atoms with E-state index in [1.807, 2.05) is 66.7 Å². The fraction of sp³-hybridized carbons (Fsp3) is 0.103. The van der Waals surface area contributed by atoms with Gasteiger partial charge in [-0.3, -0.25) is 9.59 Å². The molecule has 0 radical (unpaired) electrons. The molecule has 0 spiro atoms. The van der Waals surface area contributed by atoms with E-state index >= 15 is 0 Å². The van der Waals surface area contributed by atoms with Crippen LogP contribution in [0.4, 0.5) is 0 Å². The highest BCUT2D eigenvalue weighted by atomic mass is 35.5. The Labute approximate surface area is 209 Å². The molecule has 6 heteroatoms. The molecule has 4 rings (SSSR count). The topological polar surface area (TPSA) is 75.6 Å². The predicted octanol–water partition coefficient (Wildman–Crippen LogP) is 6.41. The molecule has 1 atom stereocenters. The van der Waals surface area contributed by atoms with Gasteiger partial charge in [-0.25, -0.2) is 0 Å². The minimum atomic E-state index is -0.644. The van der Waals surface area contributed by atoms with Crippen molar-refractivity contribution in [1.29, 1.82) is 0 Å². The number of phenols is 1. The number of amides is 1. The van der Waals surface area contributed by atoms with Gasteiger partial charge in [-0.05, 0) is 52.1 Å². The maximum Gasteiger partial charge on any atom is 0.307 e. The molecule has 0 bridgehead atoms. The summed E-state index contributed by atoms with van der Waals surface area (Å²) in [5, 5.41) is 13.8. The number of halogens is 1. The number of hydrogen-bond acceptors (Lipinski definition) is 4. The van der Waals surface area contributed by atoms with E-state index in [2.05, 4.69) is 5.32 Å². The van der Waals surface area contributed by atoms with Crippen LogP contribution >= 0.6 is 11.6 Å². The van der Waals surface area contributed by atoms with Crippen LogP contribution < -0.4 is 5.32 Å². The van der Waals surface area contributed by atoms with Crippen molar-refractivity contribution in [2.75, 3.05) is 7.11 Å². The van der Waals surface area contributed by atoms with Gasteiger partial charge in [0, 0.05) is 5.02 Å². The Hall–Kier alpha value is -4.09. The normalized spacial score (nSPS) is 11.5. The van der Waals surface area contributed by atoms with E-state index in [-0.39, 0.29) is 17.7 Å². The number of ether oxygens (including phenoxy) is 1. The lowest BCUT2D eigenvalue weighted by molar-refractivity contribution is -0.141. The van der Waals surface area contributed by atoms with Crippen molar-refractivity contribution in [1.82, 2.24) is 5.32 Å². The molecule has 35 heavy (non-hydrogen) atoms. The standard InChI is InChI=1S/C29H24ClNO4/c1-35-28(33)18-26(21-12-10-20(11-13-21)19-6-3-2-4-7-19)31-29(34)25-17-23(14-15-27(25)32)22-8-5-9-24(30)16-22/h2-17,26,32H,18H2,1H3,(H,31,34). The quantitative estimate of drug-likeness (QED) is 0.296. The second-order valence-corrected chi connectivity index (χ2v) is 8.47. The van der Waals surface area contributed by atoms with Crippen LogP contribution in [0.3, 0.4) is 0 Å². The average molecular weight is 486 g/mol. The molecule has 0 heterocycles. The van der Waals surface area contributed by atoms with Gasteiger partial charge in [0.1, 0.15) is 5.75 Å². The third-order valence-corrected chi connectivity index (χ3v) is 5.96. The molecule has 0 aliphatic rings. The zero-order valence-corrected chi connectivity index (χ0v) is 19.8. The number of hydrogen-bond donors (Lipinski definition) is 2. The third kappa shape index (κ3) is 5.89. The first kappa shape index (κ1) is 24.0. The predicted molar refractivity (Wildman–Crippen MR) is 137 cm³/mol. The lowest BCUT2D eigenvalue weighted by atomic mass is 9.98. The number of aromatic hydroxyl groups is 1. The largest absolute Gasteiger partial charge is 0.507 e. The number of methoxy groups -OCH3 is 1. The van der Waals surface area contributed by atoms with Crippen molar-refractivity contribution in [3.63, 3.8) is 0 Å². The number of nitrogens with one attached hydrogen (secondary N) is 1. The van der Waals surface area contributed by atoms with Crippen molar-refractivity contribution in [2.45, 2.75) is 12.5 Å². The van der Waals surface area contributed by atoms with Crippen molar-refractivity contribution in [3.05, 3.63) is 113 Å². The van der Waals surface area contributed by atoms with Crippen LogP contribution in [0.5, 0.6) is 5.75 Å². The van der Waals surface area contributed by atoms with Crippen LogP contribution in [0.15, 0.2) is 97.1 Å². The van der Waals surface area contributed by atoms with Gasteiger partial charge < -0.3 is 15.2 Å². The minimum absolute atomic E-state index is 0.0539. The molecule has 2 N–H and O–H groups in total. The fourth-order valence-corrected chi connectivity index (χ4v) is 4.03. The lowest BCUT2D eigenvalue weighted by Crippen LogP contribution is -2.30. The first-order valence-electron chi connectivity index (χ1n) is 11.1. The first-order chi connectivity index (χ1) is 16.9. The summed E-state index contributed by atoms with van der Waals surface area (Å²) in [5.74, 6) is -1.13. The van der Waals surface area contributed by atoms with Crippen molar-refractivity contribution in [3.8, 4) is 28.0 Å². The Kier molecular flexibility index (Phi) is 7.48. The van der Waals surface area contributed by atoms with Crippen LogP contribution in [0.1, 0.15) is 28.4 Å². The average Bonchev–Trinajstić information content (AvgIpc) is 2.89. The number of rotatable bonds is 7. The van der Waals surface area contributed by atoms with E-state index in [9.17, 15) is 14.7 Å². The first-order valence-corrected chi connectivity index (χ1v) is 11.4. The molecule has 0 aliphatic carbocycles. The Morgan fingerprint density at radius 3 is 2.14 bits per heavy atom. The van der Waals surface area contributed by atoms with E-state index in [1.54, 1.807) is 24.3 Å². The van der Waals surface area contributed by atoms with E-state index < -0.39 is 17.9 Å². The SMILES string of the molecule is COC(=O)CC(NC(=O)c1cc(-c2cccc(Cl)c2)ccc1O)c1ccc(-c2ccccc2)cc1. The number of phenolic OH excluding ortho intramolecular Hbond substituents is 1. The number of carbonyl (C=O) groups is 2. The van der Waals surface area contributed by atoms with Gasteiger partial charge in [0.25, 0.3) is 5.91 Å². The number of benzene rings is 4. The van der Waals surface area contributed by atoms with Crippen LogP contribution in [0.25, 0.3) is 22.3 Å². The summed E-state index contributed by atoms with van der Waals surface area (Å²) in [7, 11) is 1.31. The summed E-state index contributed by atoms with van der Waals surface area (Å²) in [6.07, 6.45) is -0.0539. The van der Waals surface area contributed by atoms with Crippen LogP contribution in [0, 0.1) is 0 Å². The molecule has 0 saturated heterocycles. The van der Waals surface area contributed by atoms with Gasteiger partial charge in [0.05, 0.1) is 25.1 Å². The molecule has 0 fully saturated rings. The van der Waals surface area contributed by atoms with E-state index in [4.69, 9.17) is 16.3 Å². The van der Waals surface area contributed by atoms with Gasteiger partial charge in [-0.1, -0.05) is 84.4 Å². The summed E-state index contributed by atoms with van der Waals surface area (Å²) in [6, 6.07) is 28.9. The van der Waals surface area contributed by atoms with E-state index in [0.29, 0.717) is 5.02 Å². The smallest absolute Gasteiger partial charge is 0.307 e. The zero-order valence-electron chi connectivity index (χ0n) is 19.1. The molecular weight excluding hydrogens is 462 g/mol. The highest BCUT2D eigenvalue weighted by molar-refractivity contribution is 6.30. The Morgan fingerprint density at radius 2 is 1.46 bits per heavy atom. The van der Waals surface area contributed by atoms with Crippen LogP contribution in [-0.4, -0.2) is 24.1 Å². The molecule has 0 aromatic heterocycles. The Bertz CT molecular complexity index is 1340. The van der Waals surface area contributed by atoms with Gasteiger partial charge in [-0.2, -0.15) is 0 Å². The summed E-state index contributed by atoms with van der Waals surface area (Å²) >= 11 is 6.10. The van der Waals surface area contributed by atoms with E-state index in [1.165, 1.54) is 13.2 Å². The van der Waals surface area contributed by atoms with Gasteiger partial charge in [-0.15, -0.1) is 0 Å². The summed E-state index contributed by atoms with van der Waals surface area (Å²) in [5.41, 5.74) is 4.47. The molecular formula is C29H24ClNO4. The van der Waals surface area contributed by atoms with Gasteiger partial charge in [0.2, 0.25) is 0 Å². The summed E-state index contributed by atoms with van der Waals surface area (Å²) < 4.78 is 4.84. The van der Waals surface area contributed by atoms with Crippen molar-refractivity contribution < 1.29 is 19.4 Å². The van der Waals surface area contributed by atoms with Crippen molar-refractivity contribution >= 4 is 23.5 Å². The van der Waals surface area contributed by atoms with Crippen LogP contribution in [-0.2, 0) is 9.53 Å². The maximum absolute atomic E-state index is 13.2. The molecule has 0 aliphatic heterocycles. The fourth-order valence-electron chi connectivity index (χ4n) is 3.84. The highest BCUT2D eigenvalue weighted by Gasteiger charge is 2.22. The second-order valence-electron chi connectivity index (χ2n) is 8.04. The molecule has 4 aromatic rings. The number of carbonyl (C=O) groups excluding carboxylic acids is 2. The Balaban J connectivity index is 1.61. The third-order valence-electron chi connectivity index (χ3n) is 5.72. The second kappa shape index (κ2) is 10.9. The zero-order chi connectivity index (χ0) is 24.8. The monoisotopic (exact) mass is 485 g/mol. The van der Waals surface area contributed by atoms with E-state index in [0.717, 1.165) is 27.8 Å².